The quantitative estimate of drug-likeness (QED) is 0.342. The molecule has 1 aliphatic rings. The first-order chi connectivity index (χ1) is 20.8. The minimum absolute atomic E-state index is 0.0577. The molecule has 1 N–H and O–H groups in total. The predicted molar refractivity (Wildman–Crippen MR) is 166 cm³/mol. The van der Waals surface area contributed by atoms with Gasteiger partial charge in [-0.1, -0.05) is 35.5 Å². The summed E-state index contributed by atoms with van der Waals surface area (Å²) in [6, 6.07) is 13.7. The van der Waals surface area contributed by atoms with Crippen LogP contribution in [-0.4, -0.2) is 93.2 Å². The Morgan fingerprint density at radius 3 is 2.25 bits per heavy atom. The fraction of sp³-hybridized carbons (Fsp3) is 0.469. The molecule has 0 atom stereocenters. The van der Waals surface area contributed by atoms with Gasteiger partial charge < -0.3 is 24.4 Å². The van der Waals surface area contributed by atoms with E-state index in [1.54, 1.807) is 19.0 Å². The molecule has 44 heavy (non-hydrogen) atoms. The van der Waals surface area contributed by atoms with Crippen LogP contribution in [-0.2, 0) is 27.4 Å². The highest BCUT2D eigenvalue weighted by Gasteiger charge is 2.28. The molecule has 0 unspecified atom stereocenters. The average Bonchev–Trinajstić information content (AvgIpc) is 3.61. The summed E-state index contributed by atoms with van der Waals surface area (Å²) in [5.41, 5.74) is 4.08. The summed E-state index contributed by atoms with van der Waals surface area (Å²) in [7, 11) is 1.72. The molecule has 0 spiro atoms. The molecule has 0 fully saturated rings. The molecule has 12 heteroatoms. The smallest absolute Gasteiger partial charge is 0.410 e. The van der Waals surface area contributed by atoms with Crippen LogP contribution in [0.1, 0.15) is 50.2 Å². The highest BCUT2D eigenvalue weighted by Crippen LogP contribution is 2.25. The first-order valence-electron chi connectivity index (χ1n) is 14.8. The fourth-order valence-electron chi connectivity index (χ4n) is 4.83. The highest BCUT2D eigenvalue weighted by atomic mass is 16.6. The molecule has 0 radical (unpaired) electrons. The van der Waals surface area contributed by atoms with E-state index < -0.39 is 11.7 Å². The molecule has 1 aromatic heterocycles. The number of hydrazine groups is 1. The lowest BCUT2D eigenvalue weighted by atomic mass is 10.1. The minimum Gasteiger partial charge on any atom is -0.444 e. The van der Waals surface area contributed by atoms with E-state index in [2.05, 4.69) is 27.6 Å². The number of carbonyl (C=O) groups is 3. The van der Waals surface area contributed by atoms with Crippen LogP contribution >= 0.6 is 0 Å². The Kier molecular flexibility index (Phi) is 10.3. The third kappa shape index (κ3) is 8.34. The van der Waals surface area contributed by atoms with E-state index in [-0.39, 0.29) is 38.0 Å². The SMILES string of the molecule is CCN(CCN(CC(=O)N(C)N1Cc2ccccc2C1)C(=O)CNc1cc(-c2nc(C)no2)ccc1C)C(=O)OC(C)(C)C. The maximum Gasteiger partial charge on any atom is 0.410 e. The molecular weight excluding hydrogens is 562 g/mol. The monoisotopic (exact) mass is 605 g/mol. The molecule has 0 aliphatic carbocycles. The number of anilines is 1. The lowest BCUT2D eigenvalue weighted by Crippen LogP contribution is -2.50. The summed E-state index contributed by atoms with van der Waals surface area (Å²) in [6.45, 7) is 12.8. The van der Waals surface area contributed by atoms with Crippen molar-refractivity contribution >= 4 is 23.6 Å². The van der Waals surface area contributed by atoms with E-state index in [4.69, 9.17) is 9.26 Å². The van der Waals surface area contributed by atoms with Gasteiger partial charge in [-0.15, -0.1) is 0 Å². The third-order valence-corrected chi connectivity index (χ3v) is 7.40. The summed E-state index contributed by atoms with van der Waals surface area (Å²) < 4.78 is 10.8. The zero-order valence-corrected chi connectivity index (χ0v) is 26.7. The molecule has 0 bridgehead atoms. The highest BCUT2D eigenvalue weighted by molar-refractivity contribution is 5.87. The van der Waals surface area contributed by atoms with Crippen molar-refractivity contribution in [2.24, 2.45) is 0 Å². The van der Waals surface area contributed by atoms with Gasteiger partial charge in [0.25, 0.3) is 11.8 Å². The Balaban J connectivity index is 1.46. The molecular formula is C32H43N7O5. The van der Waals surface area contributed by atoms with Crippen LogP contribution < -0.4 is 5.32 Å². The van der Waals surface area contributed by atoms with E-state index in [0.29, 0.717) is 31.3 Å². The van der Waals surface area contributed by atoms with Crippen molar-refractivity contribution in [3.8, 4) is 11.5 Å². The zero-order valence-electron chi connectivity index (χ0n) is 26.7. The van der Waals surface area contributed by atoms with Crippen molar-refractivity contribution in [1.82, 2.24) is 30.0 Å². The molecule has 0 saturated heterocycles. The van der Waals surface area contributed by atoms with E-state index >= 15 is 0 Å². The van der Waals surface area contributed by atoms with Crippen LogP contribution in [0.15, 0.2) is 47.0 Å². The van der Waals surface area contributed by atoms with Gasteiger partial charge in [0.1, 0.15) is 12.1 Å². The van der Waals surface area contributed by atoms with Crippen molar-refractivity contribution in [3.05, 3.63) is 65.0 Å². The van der Waals surface area contributed by atoms with E-state index in [1.165, 1.54) is 20.9 Å². The number of nitrogens with one attached hydrogen (secondary N) is 1. The van der Waals surface area contributed by atoms with Crippen molar-refractivity contribution in [1.29, 1.82) is 0 Å². The largest absolute Gasteiger partial charge is 0.444 e. The molecule has 3 aromatic rings. The number of nitrogens with zero attached hydrogens (tertiary/aromatic N) is 6. The second-order valence-corrected chi connectivity index (χ2v) is 11.9. The molecule has 2 aromatic carbocycles. The molecule has 3 amide bonds. The van der Waals surface area contributed by atoms with Crippen LogP contribution in [0.25, 0.3) is 11.5 Å². The van der Waals surface area contributed by atoms with Gasteiger partial charge in [0.2, 0.25) is 5.91 Å². The Labute approximate surface area is 258 Å². The van der Waals surface area contributed by atoms with Crippen LogP contribution in [0.2, 0.25) is 0 Å². The van der Waals surface area contributed by atoms with Gasteiger partial charge in [-0.05, 0) is 70.4 Å². The van der Waals surface area contributed by atoms with E-state index in [0.717, 1.165) is 16.8 Å². The summed E-state index contributed by atoms with van der Waals surface area (Å²) in [5.74, 6) is 0.408. The second-order valence-electron chi connectivity index (χ2n) is 11.9. The van der Waals surface area contributed by atoms with Crippen LogP contribution in [0.3, 0.4) is 0 Å². The number of carbonyl (C=O) groups excluding carboxylic acids is 3. The topological polar surface area (TPSA) is 124 Å². The van der Waals surface area contributed by atoms with Gasteiger partial charge in [0.15, 0.2) is 5.82 Å². The summed E-state index contributed by atoms with van der Waals surface area (Å²) in [6.07, 6.45) is -0.465. The van der Waals surface area contributed by atoms with Gasteiger partial charge >= 0.3 is 6.09 Å². The van der Waals surface area contributed by atoms with Gasteiger partial charge in [-0.3, -0.25) is 14.6 Å². The molecule has 0 saturated carbocycles. The third-order valence-electron chi connectivity index (χ3n) is 7.40. The van der Waals surface area contributed by atoms with Crippen LogP contribution in [0.5, 0.6) is 0 Å². The number of ether oxygens (including phenoxy) is 1. The first-order valence-corrected chi connectivity index (χ1v) is 14.8. The second kappa shape index (κ2) is 13.9. The van der Waals surface area contributed by atoms with Crippen LogP contribution in [0, 0.1) is 13.8 Å². The zero-order chi connectivity index (χ0) is 32.0. The number of aryl methyl sites for hydroxylation is 2. The van der Waals surface area contributed by atoms with Crippen molar-refractivity contribution in [2.75, 3.05) is 45.1 Å². The summed E-state index contributed by atoms with van der Waals surface area (Å²) >= 11 is 0. The molecule has 236 valence electrons. The van der Waals surface area contributed by atoms with Gasteiger partial charge in [0, 0.05) is 51.0 Å². The van der Waals surface area contributed by atoms with Crippen LogP contribution in [0.4, 0.5) is 10.5 Å². The number of aromatic nitrogens is 2. The standard InChI is InChI=1S/C32H43N7O5/c1-8-37(31(42)43-32(4,5)6)15-16-38(21-29(41)36(7)39-19-25-11-9-10-12-26(25)20-39)28(40)18-33-27-17-24(14-13-22(27)2)30-34-23(3)35-44-30/h9-14,17,33H,8,15-16,18-21H2,1-7H3. The summed E-state index contributed by atoms with van der Waals surface area (Å²) in [5, 5.41) is 10.6. The van der Waals surface area contributed by atoms with Crippen molar-refractivity contribution < 1.29 is 23.6 Å². The Hall–Kier alpha value is -4.45. The maximum atomic E-state index is 13.6. The molecule has 4 rings (SSSR count). The maximum absolute atomic E-state index is 13.6. The van der Waals surface area contributed by atoms with Gasteiger partial charge in [-0.2, -0.15) is 4.98 Å². The van der Waals surface area contributed by atoms with Gasteiger partial charge in [-0.25, -0.2) is 9.80 Å². The number of hydrogen-bond donors (Lipinski definition) is 1. The van der Waals surface area contributed by atoms with Crippen molar-refractivity contribution in [2.45, 2.75) is 60.2 Å². The van der Waals surface area contributed by atoms with Crippen molar-refractivity contribution in [3.63, 3.8) is 0 Å². The number of rotatable bonds is 11. The number of hydrogen-bond acceptors (Lipinski definition) is 9. The Bertz CT molecular complexity index is 1460. The number of likely N-dealkylation sites (N-methyl/N-ethyl adjacent to an activating group) is 2. The van der Waals surface area contributed by atoms with E-state index in [1.807, 2.05) is 70.0 Å². The average molecular weight is 606 g/mol. The number of amides is 3. The molecule has 2 heterocycles. The Morgan fingerprint density at radius 1 is 1.00 bits per heavy atom. The number of benzene rings is 2. The number of fused-ring (bicyclic) bond motifs is 1. The minimum atomic E-state index is -0.651. The summed E-state index contributed by atoms with van der Waals surface area (Å²) in [4.78, 5) is 47.2. The van der Waals surface area contributed by atoms with E-state index in [9.17, 15) is 14.4 Å². The fourth-order valence-corrected chi connectivity index (χ4v) is 4.83. The normalized spacial score (nSPS) is 12.9. The first kappa shape index (κ1) is 32.5. The van der Waals surface area contributed by atoms with Gasteiger partial charge in [0.05, 0.1) is 6.54 Å². The molecule has 1 aliphatic heterocycles. The lowest BCUT2D eigenvalue weighted by molar-refractivity contribution is -0.151. The Morgan fingerprint density at radius 2 is 1.66 bits per heavy atom. The predicted octanol–water partition coefficient (Wildman–Crippen LogP) is 4.24. The lowest BCUT2D eigenvalue weighted by Gasteiger charge is -2.32. The molecule has 12 nitrogen and oxygen atoms in total.